The van der Waals surface area contributed by atoms with Crippen molar-refractivity contribution in [1.29, 1.82) is 0 Å². The molecular weight excluding hydrogens is 298 g/mol. The third kappa shape index (κ3) is 5.80. The van der Waals surface area contributed by atoms with Crippen molar-refractivity contribution < 1.29 is 9.47 Å². The van der Waals surface area contributed by atoms with E-state index in [4.69, 9.17) is 9.47 Å². The number of benzene rings is 2. The Bertz CT molecular complexity index is 609. The Labute approximate surface area is 146 Å². The molecular formula is C21H29NO2. The SMILES string of the molecule is CCC(C)Oc1ccc(NCC(CC)Oc2cccc(C)c2)cc1. The zero-order valence-electron chi connectivity index (χ0n) is 15.2. The summed E-state index contributed by atoms with van der Waals surface area (Å²) in [5.74, 6) is 1.85. The summed E-state index contributed by atoms with van der Waals surface area (Å²) in [6, 6.07) is 16.3. The van der Waals surface area contributed by atoms with Crippen molar-refractivity contribution in [3.05, 3.63) is 54.1 Å². The first-order chi connectivity index (χ1) is 11.6. The molecule has 0 heterocycles. The molecule has 0 aliphatic carbocycles. The molecule has 3 nitrogen and oxygen atoms in total. The highest BCUT2D eigenvalue weighted by molar-refractivity contribution is 5.46. The molecule has 130 valence electrons. The maximum absolute atomic E-state index is 6.07. The summed E-state index contributed by atoms with van der Waals surface area (Å²) >= 11 is 0. The van der Waals surface area contributed by atoms with Gasteiger partial charge in [0.1, 0.15) is 17.6 Å². The van der Waals surface area contributed by atoms with E-state index in [-0.39, 0.29) is 12.2 Å². The highest BCUT2D eigenvalue weighted by atomic mass is 16.5. The molecule has 0 spiro atoms. The van der Waals surface area contributed by atoms with E-state index in [2.05, 4.69) is 57.3 Å². The Morgan fingerprint density at radius 3 is 2.29 bits per heavy atom. The van der Waals surface area contributed by atoms with Crippen LogP contribution in [0.4, 0.5) is 5.69 Å². The molecule has 3 heteroatoms. The van der Waals surface area contributed by atoms with Gasteiger partial charge in [-0.05, 0) is 68.7 Å². The molecule has 0 aliphatic heterocycles. The van der Waals surface area contributed by atoms with Crippen LogP contribution in [0.2, 0.25) is 0 Å². The van der Waals surface area contributed by atoms with Gasteiger partial charge in [-0.3, -0.25) is 0 Å². The number of nitrogens with one attached hydrogen (secondary N) is 1. The lowest BCUT2D eigenvalue weighted by atomic mass is 10.2. The molecule has 1 N–H and O–H groups in total. The molecule has 0 fully saturated rings. The fourth-order valence-electron chi connectivity index (χ4n) is 2.35. The predicted octanol–water partition coefficient (Wildman–Crippen LogP) is 5.44. The van der Waals surface area contributed by atoms with Crippen molar-refractivity contribution in [2.75, 3.05) is 11.9 Å². The average molecular weight is 327 g/mol. The average Bonchev–Trinajstić information content (AvgIpc) is 2.59. The third-order valence-electron chi connectivity index (χ3n) is 4.05. The van der Waals surface area contributed by atoms with E-state index < -0.39 is 0 Å². The number of hydrogen-bond acceptors (Lipinski definition) is 3. The first-order valence-electron chi connectivity index (χ1n) is 8.84. The lowest BCUT2D eigenvalue weighted by molar-refractivity contribution is 0.210. The van der Waals surface area contributed by atoms with Gasteiger partial charge in [0, 0.05) is 5.69 Å². The van der Waals surface area contributed by atoms with Crippen LogP contribution >= 0.6 is 0 Å². The first-order valence-corrected chi connectivity index (χ1v) is 8.84. The Morgan fingerprint density at radius 2 is 1.67 bits per heavy atom. The molecule has 0 saturated heterocycles. The summed E-state index contributed by atoms with van der Waals surface area (Å²) in [7, 11) is 0. The number of hydrogen-bond donors (Lipinski definition) is 1. The number of aryl methyl sites for hydroxylation is 1. The molecule has 0 aromatic heterocycles. The number of rotatable bonds is 9. The highest BCUT2D eigenvalue weighted by Gasteiger charge is 2.08. The molecule has 2 aromatic rings. The van der Waals surface area contributed by atoms with Crippen molar-refractivity contribution in [3.63, 3.8) is 0 Å². The molecule has 0 bridgehead atoms. The van der Waals surface area contributed by atoms with Gasteiger partial charge in [-0.15, -0.1) is 0 Å². The summed E-state index contributed by atoms with van der Waals surface area (Å²) in [4.78, 5) is 0. The normalized spacial score (nSPS) is 13.2. The molecule has 0 amide bonds. The first kappa shape index (κ1) is 18.2. The standard InChI is InChI=1S/C21H29NO2/c1-5-17(4)23-20-12-10-18(11-13-20)22-15-19(6-2)24-21-9-7-8-16(3)14-21/h7-14,17,19,22H,5-6,15H2,1-4H3. The number of ether oxygens (including phenoxy) is 2. The molecule has 2 unspecified atom stereocenters. The summed E-state index contributed by atoms with van der Waals surface area (Å²) in [6.07, 6.45) is 2.35. The van der Waals surface area contributed by atoms with E-state index in [0.717, 1.165) is 36.6 Å². The smallest absolute Gasteiger partial charge is 0.120 e. The highest BCUT2D eigenvalue weighted by Crippen LogP contribution is 2.19. The molecule has 24 heavy (non-hydrogen) atoms. The second-order valence-corrected chi connectivity index (χ2v) is 6.21. The van der Waals surface area contributed by atoms with E-state index in [1.165, 1.54) is 5.56 Å². The quantitative estimate of drug-likeness (QED) is 0.665. The van der Waals surface area contributed by atoms with Crippen molar-refractivity contribution in [3.8, 4) is 11.5 Å². The van der Waals surface area contributed by atoms with Crippen LogP contribution in [0.25, 0.3) is 0 Å². The van der Waals surface area contributed by atoms with E-state index >= 15 is 0 Å². The molecule has 0 radical (unpaired) electrons. The van der Waals surface area contributed by atoms with Gasteiger partial charge in [-0.2, -0.15) is 0 Å². The lowest BCUT2D eigenvalue weighted by Gasteiger charge is -2.19. The van der Waals surface area contributed by atoms with Crippen LogP contribution in [0.5, 0.6) is 11.5 Å². The van der Waals surface area contributed by atoms with Gasteiger partial charge in [0.2, 0.25) is 0 Å². The molecule has 2 atom stereocenters. The van der Waals surface area contributed by atoms with Crippen LogP contribution < -0.4 is 14.8 Å². The maximum Gasteiger partial charge on any atom is 0.120 e. The van der Waals surface area contributed by atoms with Crippen LogP contribution in [0.3, 0.4) is 0 Å². The van der Waals surface area contributed by atoms with Gasteiger partial charge in [0.15, 0.2) is 0 Å². The second-order valence-electron chi connectivity index (χ2n) is 6.21. The van der Waals surface area contributed by atoms with E-state index in [9.17, 15) is 0 Å². The van der Waals surface area contributed by atoms with Crippen molar-refractivity contribution in [1.82, 2.24) is 0 Å². The van der Waals surface area contributed by atoms with E-state index in [1.54, 1.807) is 0 Å². The van der Waals surface area contributed by atoms with Gasteiger partial charge < -0.3 is 14.8 Å². The fourth-order valence-corrected chi connectivity index (χ4v) is 2.35. The summed E-state index contributed by atoms with van der Waals surface area (Å²) in [5.41, 5.74) is 2.30. The summed E-state index contributed by atoms with van der Waals surface area (Å²) < 4.78 is 11.9. The van der Waals surface area contributed by atoms with Crippen LogP contribution in [0.1, 0.15) is 39.2 Å². The fraction of sp³-hybridized carbons (Fsp3) is 0.429. The zero-order chi connectivity index (χ0) is 17.4. The van der Waals surface area contributed by atoms with Gasteiger partial charge in [-0.1, -0.05) is 26.0 Å². The third-order valence-corrected chi connectivity index (χ3v) is 4.05. The Hall–Kier alpha value is -2.16. The summed E-state index contributed by atoms with van der Waals surface area (Å²) in [5, 5.41) is 3.44. The van der Waals surface area contributed by atoms with E-state index in [0.29, 0.717) is 0 Å². The maximum atomic E-state index is 6.07. The minimum absolute atomic E-state index is 0.142. The van der Waals surface area contributed by atoms with Crippen molar-refractivity contribution in [2.24, 2.45) is 0 Å². The Balaban J connectivity index is 1.86. The molecule has 0 saturated carbocycles. The van der Waals surface area contributed by atoms with Crippen LogP contribution in [0, 0.1) is 6.92 Å². The van der Waals surface area contributed by atoms with Crippen LogP contribution in [-0.4, -0.2) is 18.8 Å². The van der Waals surface area contributed by atoms with Gasteiger partial charge in [0.05, 0.1) is 12.6 Å². The van der Waals surface area contributed by atoms with Gasteiger partial charge >= 0.3 is 0 Å². The zero-order valence-corrected chi connectivity index (χ0v) is 15.2. The lowest BCUT2D eigenvalue weighted by Crippen LogP contribution is -2.25. The minimum atomic E-state index is 0.142. The van der Waals surface area contributed by atoms with Crippen molar-refractivity contribution >= 4 is 5.69 Å². The van der Waals surface area contributed by atoms with E-state index in [1.807, 2.05) is 24.3 Å². The summed E-state index contributed by atoms with van der Waals surface area (Å²) in [6.45, 7) is 9.21. The second kappa shape index (κ2) is 9.21. The van der Waals surface area contributed by atoms with Crippen LogP contribution in [0.15, 0.2) is 48.5 Å². The number of anilines is 1. The topological polar surface area (TPSA) is 30.5 Å². The van der Waals surface area contributed by atoms with Crippen molar-refractivity contribution in [2.45, 2.75) is 52.7 Å². The molecule has 0 aliphatic rings. The molecule has 2 rings (SSSR count). The largest absolute Gasteiger partial charge is 0.491 e. The van der Waals surface area contributed by atoms with Crippen LogP contribution in [-0.2, 0) is 0 Å². The van der Waals surface area contributed by atoms with Gasteiger partial charge in [-0.25, -0.2) is 0 Å². The monoisotopic (exact) mass is 327 g/mol. The van der Waals surface area contributed by atoms with Gasteiger partial charge in [0.25, 0.3) is 0 Å². The Morgan fingerprint density at radius 1 is 0.917 bits per heavy atom. The predicted molar refractivity (Wildman–Crippen MR) is 101 cm³/mol. The molecule has 2 aromatic carbocycles. The Kier molecular flexibility index (Phi) is 6.98. The minimum Gasteiger partial charge on any atom is -0.491 e.